The summed E-state index contributed by atoms with van der Waals surface area (Å²) in [6.45, 7) is 2.34. The van der Waals surface area contributed by atoms with Crippen LogP contribution in [0.4, 0.5) is 5.69 Å². The van der Waals surface area contributed by atoms with Gasteiger partial charge >= 0.3 is 0 Å². The van der Waals surface area contributed by atoms with E-state index in [1.807, 2.05) is 18.2 Å². The summed E-state index contributed by atoms with van der Waals surface area (Å²) in [5, 5.41) is 0. The molecule has 0 bridgehead atoms. The first-order valence-corrected chi connectivity index (χ1v) is 6.76. The molecule has 0 aliphatic rings. The number of nitrogens with zero attached hydrogens (tertiary/aromatic N) is 1. The van der Waals surface area contributed by atoms with Gasteiger partial charge in [-0.2, -0.15) is 0 Å². The lowest BCUT2D eigenvalue weighted by Gasteiger charge is -2.13. The number of rotatable bonds is 6. The average molecular weight is 288 g/mol. The Kier molecular flexibility index (Phi) is 4.87. The molecule has 0 aliphatic heterocycles. The zero-order valence-corrected chi connectivity index (χ0v) is 12.6. The molecule has 21 heavy (non-hydrogen) atoms. The van der Waals surface area contributed by atoms with Crippen LogP contribution in [-0.2, 0) is 13.0 Å². The van der Waals surface area contributed by atoms with Crippen LogP contribution in [0.5, 0.6) is 17.2 Å². The minimum absolute atomic E-state index is 0.260. The number of methoxy groups -OCH3 is 2. The quantitative estimate of drug-likeness (QED) is 0.828. The zero-order chi connectivity index (χ0) is 15.2. The zero-order valence-electron chi connectivity index (χ0n) is 12.6. The third kappa shape index (κ3) is 3.37. The first-order chi connectivity index (χ1) is 10.2. The van der Waals surface area contributed by atoms with Crippen molar-refractivity contribution in [3.8, 4) is 17.2 Å². The van der Waals surface area contributed by atoms with Gasteiger partial charge in [0.15, 0.2) is 11.5 Å². The molecule has 1 heterocycles. The van der Waals surface area contributed by atoms with Crippen LogP contribution in [-0.4, -0.2) is 19.2 Å². The molecule has 112 valence electrons. The minimum Gasteiger partial charge on any atom is -0.493 e. The molecular weight excluding hydrogens is 268 g/mol. The summed E-state index contributed by atoms with van der Waals surface area (Å²) < 4.78 is 16.3. The van der Waals surface area contributed by atoms with E-state index >= 15 is 0 Å². The maximum atomic E-state index is 5.99. The third-order valence-corrected chi connectivity index (χ3v) is 3.21. The molecule has 5 nitrogen and oxygen atoms in total. The Morgan fingerprint density at radius 1 is 1.10 bits per heavy atom. The van der Waals surface area contributed by atoms with Crippen molar-refractivity contribution >= 4 is 5.69 Å². The molecule has 0 saturated carbocycles. The van der Waals surface area contributed by atoms with Gasteiger partial charge in [-0.3, -0.25) is 4.98 Å². The minimum atomic E-state index is 0.260. The van der Waals surface area contributed by atoms with Gasteiger partial charge in [-0.15, -0.1) is 0 Å². The van der Waals surface area contributed by atoms with Crippen molar-refractivity contribution in [3.05, 3.63) is 41.7 Å². The van der Waals surface area contributed by atoms with E-state index in [-0.39, 0.29) is 6.61 Å². The lowest BCUT2D eigenvalue weighted by atomic mass is 10.1. The Hall–Kier alpha value is -2.43. The fourth-order valence-corrected chi connectivity index (χ4v) is 2.05. The van der Waals surface area contributed by atoms with Crippen molar-refractivity contribution in [2.45, 2.75) is 20.0 Å². The molecule has 0 fully saturated rings. The number of anilines is 1. The molecule has 0 spiro atoms. The van der Waals surface area contributed by atoms with E-state index in [4.69, 9.17) is 19.9 Å². The fraction of sp³-hybridized carbons (Fsp3) is 0.312. The molecule has 2 N–H and O–H groups in total. The number of nitrogens with two attached hydrogens (primary N) is 1. The Morgan fingerprint density at radius 2 is 1.90 bits per heavy atom. The second kappa shape index (κ2) is 6.83. The lowest BCUT2D eigenvalue weighted by Crippen LogP contribution is -2.04. The Bertz CT molecular complexity index is 614. The first kappa shape index (κ1) is 15.0. The number of hydrogen-bond donors (Lipinski definition) is 1. The number of benzene rings is 1. The van der Waals surface area contributed by atoms with Gasteiger partial charge in [0.25, 0.3) is 0 Å². The van der Waals surface area contributed by atoms with Crippen LogP contribution in [0.1, 0.15) is 18.2 Å². The second-order valence-electron chi connectivity index (χ2n) is 4.51. The maximum Gasteiger partial charge on any atom is 0.185 e. The van der Waals surface area contributed by atoms with Crippen molar-refractivity contribution < 1.29 is 14.2 Å². The number of pyridine rings is 1. The summed E-state index contributed by atoms with van der Waals surface area (Å²) >= 11 is 0. The number of hydrogen-bond acceptors (Lipinski definition) is 5. The lowest BCUT2D eigenvalue weighted by molar-refractivity contribution is 0.286. The van der Waals surface area contributed by atoms with Crippen LogP contribution in [0.15, 0.2) is 30.5 Å². The second-order valence-corrected chi connectivity index (χ2v) is 4.51. The Morgan fingerprint density at radius 3 is 2.52 bits per heavy atom. The summed E-state index contributed by atoms with van der Waals surface area (Å²) in [4.78, 5) is 4.27. The summed E-state index contributed by atoms with van der Waals surface area (Å²) in [6.07, 6.45) is 2.60. The number of nitrogen functional groups attached to an aromatic ring is 1. The summed E-state index contributed by atoms with van der Waals surface area (Å²) in [5.74, 6) is 1.84. The molecule has 0 atom stereocenters. The van der Waals surface area contributed by atoms with Crippen molar-refractivity contribution in [1.82, 2.24) is 4.98 Å². The maximum absolute atomic E-state index is 5.99. The summed E-state index contributed by atoms with van der Waals surface area (Å²) in [5.41, 5.74) is 8.45. The van der Waals surface area contributed by atoms with Crippen LogP contribution in [0.25, 0.3) is 0 Å². The van der Waals surface area contributed by atoms with Crippen LogP contribution < -0.4 is 19.9 Å². The van der Waals surface area contributed by atoms with E-state index in [9.17, 15) is 0 Å². The van der Waals surface area contributed by atoms with E-state index in [1.54, 1.807) is 26.5 Å². The first-order valence-electron chi connectivity index (χ1n) is 6.76. The third-order valence-electron chi connectivity index (χ3n) is 3.21. The highest BCUT2D eigenvalue weighted by atomic mass is 16.5. The SMILES string of the molecule is CCc1ccc(OCc2nccc(OC)c2OC)c(N)c1. The van der Waals surface area contributed by atoms with Gasteiger partial charge in [0, 0.05) is 12.3 Å². The normalized spacial score (nSPS) is 10.2. The molecule has 0 amide bonds. The molecule has 5 heteroatoms. The van der Waals surface area contributed by atoms with Crippen LogP contribution >= 0.6 is 0 Å². The molecule has 0 unspecified atom stereocenters. The van der Waals surface area contributed by atoms with Crippen molar-refractivity contribution in [2.24, 2.45) is 0 Å². The highest BCUT2D eigenvalue weighted by Crippen LogP contribution is 2.30. The van der Waals surface area contributed by atoms with E-state index in [2.05, 4.69) is 11.9 Å². The molecule has 2 aromatic rings. The molecule has 2 rings (SSSR count). The average Bonchev–Trinajstić information content (AvgIpc) is 2.52. The number of ether oxygens (including phenoxy) is 3. The fourth-order valence-electron chi connectivity index (χ4n) is 2.05. The Labute approximate surface area is 124 Å². The van der Waals surface area contributed by atoms with Crippen molar-refractivity contribution in [1.29, 1.82) is 0 Å². The van der Waals surface area contributed by atoms with Gasteiger partial charge in [0.1, 0.15) is 18.1 Å². The smallest absolute Gasteiger partial charge is 0.185 e. The largest absolute Gasteiger partial charge is 0.493 e. The van der Waals surface area contributed by atoms with Crippen LogP contribution in [0.3, 0.4) is 0 Å². The number of aryl methyl sites for hydroxylation is 1. The van der Waals surface area contributed by atoms with Crippen molar-refractivity contribution in [3.63, 3.8) is 0 Å². The van der Waals surface area contributed by atoms with Gasteiger partial charge < -0.3 is 19.9 Å². The van der Waals surface area contributed by atoms with E-state index < -0.39 is 0 Å². The topological polar surface area (TPSA) is 66.6 Å². The van der Waals surface area contributed by atoms with Gasteiger partial charge in [-0.25, -0.2) is 0 Å². The van der Waals surface area contributed by atoms with E-state index in [0.29, 0.717) is 28.6 Å². The predicted molar refractivity (Wildman–Crippen MR) is 81.9 cm³/mol. The molecule has 0 saturated heterocycles. The predicted octanol–water partition coefficient (Wildman–Crippen LogP) is 2.82. The summed E-state index contributed by atoms with van der Waals surface area (Å²) in [6, 6.07) is 7.54. The van der Waals surface area contributed by atoms with Gasteiger partial charge in [0.05, 0.1) is 19.9 Å². The van der Waals surface area contributed by atoms with Gasteiger partial charge in [0.2, 0.25) is 0 Å². The van der Waals surface area contributed by atoms with Crippen LogP contribution in [0, 0.1) is 0 Å². The van der Waals surface area contributed by atoms with Crippen molar-refractivity contribution in [2.75, 3.05) is 20.0 Å². The summed E-state index contributed by atoms with van der Waals surface area (Å²) in [7, 11) is 3.16. The number of aromatic nitrogens is 1. The standard InChI is InChI=1S/C16H20N2O3/c1-4-11-5-6-14(12(17)9-11)21-10-13-16(20-3)15(19-2)7-8-18-13/h5-9H,4,10,17H2,1-3H3. The molecule has 0 aliphatic carbocycles. The monoisotopic (exact) mass is 288 g/mol. The van der Waals surface area contributed by atoms with E-state index in [1.165, 1.54) is 5.56 Å². The van der Waals surface area contributed by atoms with E-state index in [0.717, 1.165) is 6.42 Å². The molecule has 1 aromatic carbocycles. The van der Waals surface area contributed by atoms with Gasteiger partial charge in [-0.05, 0) is 24.1 Å². The highest BCUT2D eigenvalue weighted by molar-refractivity contribution is 5.54. The van der Waals surface area contributed by atoms with Crippen LogP contribution in [0.2, 0.25) is 0 Å². The molecular formula is C16H20N2O3. The molecule has 1 aromatic heterocycles. The Balaban J connectivity index is 2.16. The highest BCUT2D eigenvalue weighted by Gasteiger charge is 2.12. The molecule has 0 radical (unpaired) electrons. The van der Waals surface area contributed by atoms with Gasteiger partial charge in [-0.1, -0.05) is 13.0 Å².